The van der Waals surface area contributed by atoms with E-state index in [0.717, 1.165) is 30.5 Å². The molecule has 3 N–H and O–H groups in total. The number of benzene rings is 1. The molecule has 5 nitrogen and oxygen atoms in total. The molecule has 110 valence electrons. The highest BCUT2D eigenvalue weighted by atomic mass is 16.3. The van der Waals surface area contributed by atoms with E-state index in [1.165, 1.54) is 0 Å². The third kappa shape index (κ3) is 3.31. The van der Waals surface area contributed by atoms with Crippen molar-refractivity contribution in [1.82, 2.24) is 10.3 Å². The Morgan fingerprint density at radius 3 is 2.86 bits per heavy atom. The number of nitrogens with one attached hydrogen (secondary N) is 1. The summed E-state index contributed by atoms with van der Waals surface area (Å²) < 4.78 is 5.44. The van der Waals surface area contributed by atoms with Gasteiger partial charge in [0.15, 0.2) is 0 Å². The van der Waals surface area contributed by atoms with Gasteiger partial charge in [0.05, 0.1) is 12.2 Å². The standard InChI is InChI=1S/C16H19N3O2/c17-13-7-6-12(8-13)15(20)18-9-14-10-21-16(19-14)11-4-2-1-3-5-11/h1-5,10,12-13H,6-9,17H2,(H,18,20)/t12-,13+/m1/s1. The second-order valence-corrected chi connectivity index (χ2v) is 5.50. The number of hydrogen-bond donors (Lipinski definition) is 2. The van der Waals surface area contributed by atoms with Crippen molar-refractivity contribution in [3.05, 3.63) is 42.3 Å². The highest BCUT2D eigenvalue weighted by molar-refractivity contribution is 5.78. The number of aromatic nitrogens is 1. The van der Waals surface area contributed by atoms with E-state index in [2.05, 4.69) is 10.3 Å². The van der Waals surface area contributed by atoms with Gasteiger partial charge in [-0.1, -0.05) is 18.2 Å². The molecule has 1 aromatic carbocycles. The van der Waals surface area contributed by atoms with E-state index in [1.54, 1.807) is 6.26 Å². The lowest BCUT2D eigenvalue weighted by Crippen LogP contribution is -2.30. The van der Waals surface area contributed by atoms with E-state index >= 15 is 0 Å². The van der Waals surface area contributed by atoms with E-state index in [9.17, 15) is 4.79 Å². The molecule has 2 aromatic rings. The normalized spacial score (nSPS) is 21.4. The van der Waals surface area contributed by atoms with Gasteiger partial charge < -0.3 is 15.5 Å². The summed E-state index contributed by atoms with van der Waals surface area (Å²) in [5, 5.41) is 2.91. The predicted molar refractivity (Wildman–Crippen MR) is 79.1 cm³/mol. The van der Waals surface area contributed by atoms with Gasteiger partial charge in [0.25, 0.3) is 0 Å². The molecule has 0 spiro atoms. The van der Waals surface area contributed by atoms with Gasteiger partial charge in [0.2, 0.25) is 11.8 Å². The summed E-state index contributed by atoms with van der Waals surface area (Å²) in [5.74, 6) is 0.676. The van der Waals surface area contributed by atoms with Crippen LogP contribution >= 0.6 is 0 Å². The minimum Gasteiger partial charge on any atom is -0.444 e. The van der Waals surface area contributed by atoms with Gasteiger partial charge >= 0.3 is 0 Å². The third-order valence-electron chi connectivity index (χ3n) is 3.86. The lowest BCUT2D eigenvalue weighted by molar-refractivity contribution is -0.125. The number of amides is 1. The first-order chi connectivity index (χ1) is 10.2. The van der Waals surface area contributed by atoms with Crippen LogP contribution in [0.15, 0.2) is 41.0 Å². The molecular formula is C16H19N3O2. The van der Waals surface area contributed by atoms with Crippen LogP contribution in [0.25, 0.3) is 11.5 Å². The summed E-state index contributed by atoms with van der Waals surface area (Å²) >= 11 is 0. The van der Waals surface area contributed by atoms with Crippen LogP contribution in [0.3, 0.4) is 0 Å². The van der Waals surface area contributed by atoms with E-state index in [4.69, 9.17) is 10.2 Å². The SMILES string of the molecule is N[C@H]1CC[C@@H](C(=O)NCc2coc(-c3ccccc3)n2)C1. The summed E-state index contributed by atoms with van der Waals surface area (Å²) in [6, 6.07) is 9.86. The summed E-state index contributed by atoms with van der Waals surface area (Å²) in [7, 11) is 0. The van der Waals surface area contributed by atoms with Crippen LogP contribution in [0, 0.1) is 5.92 Å². The number of hydrogen-bond acceptors (Lipinski definition) is 4. The number of carbonyl (C=O) groups excluding carboxylic acids is 1. The maximum Gasteiger partial charge on any atom is 0.226 e. The van der Waals surface area contributed by atoms with Crippen molar-refractivity contribution < 1.29 is 9.21 Å². The zero-order chi connectivity index (χ0) is 14.7. The predicted octanol–water partition coefficient (Wildman–Crippen LogP) is 2.09. The van der Waals surface area contributed by atoms with Crippen molar-refractivity contribution in [3.8, 4) is 11.5 Å². The van der Waals surface area contributed by atoms with E-state index in [0.29, 0.717) is 12.4 Å². The molecular weight excluding hydrogens is 266 g/mol. The van der Waals surface area contributed by atoms with Crippen LogP contribution in [0.1, 0.15) is 25.0 Å². The van der Waals surface area contributed by atoms with Crippen molar-refractivity contribution in [2.45, 2.75) is 31.8 Å². The molecule has 1 fully saturated rings. The molecule has 0 radical (unpaired) electrons. The lowest BCUT2D eigenvalue weighted by atomic mass is 10.1. The first-order valence-corrected chi connectivity index (χ1v) is 7.25. The fraction of sp³-hybridized carbons (Fsp3) is 0.375. The topological polar surface area (TPSA) is 81.2 Å². The van der Waals surface area contributed by atoms with Crippen molar-refractivity contribution in [2.75, 3.05) is 0 Å². The van der Waals surface area contributed by atoms with Gasteiger partial charge in [-0.15, -0.1) is 0 Å². The van der Waals surface area contributed by atoms with Crippen LogP contribution in [0.2, 0.25) is 0 Å². The van der Waals surface area contributed by atoms with E-state index < -0.39 is 0 Å². The maximum atomic E-state index is 12.0. The van der Waals surface area contributed by atoms with Crippen molar-refractivity contribution >= 4 is 5.91 Å². The minimum atomic E-state index is 0.0421. The average Bonchev–Trinajstić information content (AvgIpc) is 3.15. The van der Waals surface area contributed by atoms with Crippen molar-refractivity contribution in [3.63, 3.8) is 0 Å². The smallest absolute Gasteiger partial charge is 0.226 e. The fourth-order valence-electron chi connectivity index (χ4n) is 2.68. The number of oxazole rings is 1. The van der Waals surface area contributed by atoms with Crippen LogP contribution in [-0.4, -0.2) is 16.9 Å². The largest absolute Gasteiger partial charge is 0.444 e. The minimum absolute atomic E-state index is 0.0421. The Labute approximate surface area is 123 Å². The zero-order valence-electron chi connectivity index (χ0n) is 11.8. The van der Waals surface area contributed by atoms with E-state index in [1.807, 2.05) is 30.3 Å². The van der Waals surface area contributed by atoms with Gasteiger partial charge in [0.1, 0.15) is 6.26 Å². The first-order valence-electron chi connectivity index (χ1n) is 7.25. The Morgan fingerprint density at radius 2 is 2.14 bits per heavy atom. The van der Waals surface area contributed by atoms with E-state index in [-0.39, 0.29) is 17.9 Å². The number of nitrogens with zero attached hydrogens (tertiary/aromatic N) is 1. The molecule has 0 unspecified atom stereocenters. The highest BCUT2D eigenvalue weighted by Gasteiger charge is 2.27. The Balaban J connectivity index is 1.57. The molecule has 1 amide bonds. The third-order valence-corrected chi connectivity index (χ3v) is 3.86. The number of nitrogens with two attached hydrogens (primary N) is 1. The molecule has 5 heteroatoms. The fourth-order valence-corrected chi connectivity index (χ4v) is 2.68. The maximum absolute atomic E-state index is 12.0. The Kier molecular flexibility index (Phi) is 4.01. The quantitative estimate of drug-likeness (QED) is 0.901. The zero-order valence-corrected chi connectivity index (χ0v) is 11.8. The number of carbonyl (C=O) groups is 1. The van der Waals surface area contributed by atoms with Crippen LogP contribution in [-0.2, 0) is 11.3 Å². The summed E-state index contributed by atoms with van der Waals surface area (Å²) in [5.41, 5.74) is 7.48. The molecule has 2 atom stereocenters. The Bertz CT molecular complexity index is 609. The second kappa shape index (κ2) is 6.10. The monoisotopic (exact) mass is 285 g/mol. The molecule has 0 aliphatic heterocycles. The van der Waals surface area contributed by atoms with Gasteiger partial charge in [-0.3, -0.25) is 4.79 Å². The van der Waals surface area contributed by atoms with Crippen LogP contribution in [0.5, 0.6) is 0 Å². The molecule has 0 saturated heterocycles. The molecule has 21 heavy (non-hydrogen) atoms. The molecule has 1 heterocycles. The van der Waals surface area contributed by atoms with Gasteiger partial charge in [-0.2, -0.15) is 0 Å². The summed E-state index contributed by atoms with van der Waals surface area (Å²) in [6.45, 7) is 0.390. The van der Waals surface area contributed by atoms with Gasteiger partial charge in [-0.25, -0.2) is 4.98 Å². The molecule has 1 aromatic heterocycles. The van der Waals surface area contributed by atoms with Crippen LogP contribution < -0.4 is 11.1 Å². The Hall–Kier alpha value is -2.14. The van der Waals surface area contributed by atoms with Crippen LogP contribution in [0.4, 0.5) is 0 Å². The Morgan fingerprint density at radius 1 is 1.33 bits per heavy atom. The highest BCUT2D eigenvalue weighted by Crippen LogP contribution is 2.24. The first kappa shape index (κ1) is 13.8. The molecule has 1 aliphatic rings. The molecule has 3 rings (SSSR count). The number of rotatable bonds is 4. The molecule has 1 aliphatic carbocycles. The van der Waals surface area contributed by atoms with Crippen molar-refractivity contribution in [1.29, 1.82) is 0 Å². The molecule has 0 bridgehead atoms. The van der Waals surface area contributed by atoms with Gasteiger partial charge in [0, 0.05) is 17.5 Å². The summed E-state index contributed by atoms with van der Waals surface area (Å²) in [6.07, 6.45) is 4.17. The second-order valence-electron chi connectivity index (χ2n) is 5.50. The lowest BCUT2D eigenvalue weighted by Gasteiger charge is -2.09. The average molecular weight is 285 g/mol. The van der Waals surface area contributed by atoms with Crippen molar-refractivity contribution in [2.24, 2.45) is 11.7 Å². The molecule has 1 saturated carbocycles. The van der Waals surface area contributed by atoms with Gasteiger partial charge in [-0.05, 0) is 31.4 Å². The summed E-state index contributed by atoms with van der Waals surface area (Å²) in [4.78, 5) is 16.4.